The number of unbranched alkanes of at least 4 members (excludes halogenated alkanes) is 10. The van der Waals surface area contributed by atoms with Crippen LogP contribution in [0.15, 0.2) is 91.0 Å². The van der Waals surface area contributed by atoms with E-state index in [-0.39, 0.29) is 0 Å². The summed E-state index contributed by atoms with van der Waals surface area (Å²) in [6.07, 6.45) is 24.7. The highest BCUT2D eigenvalue weighted by Gasteiger charge is 2.11. The lowest BCUT2D eigenvalue weighted by molar-refractivity contribution is 0.598. The van der Waals surface area contributed by atoms with Gasteiger partial charge in [0.2, 0.25) is 0 Å². The molecule has 3 aromatic rings. The predicted octanol–water partition coefficient (Wildman–Crippen LogP) is 14.9. The number of benzene rings is 2. The Labute approximate surface area is 308 Å². The van der Waals surface area contributed by atoms with Gasteiger partial charge in [0.25, 0.3) is 0 Å². The first-order valence-electron chi connectivity index (χ1n) is 16.3. The number of hydrogen-bond donors (Lipinski definition) is 0. The number of pyridine rings is 1. The minimum Gasteiger partial charge on any atom is -0.350 e. The molecule has 0 unspecified atom stereocenters. The Hall–Kier alpha value is -0.550. The zero-order valence-electron chi connectivity index (χ0n) is 26.5. The van der Waals surface area contributed by atoms with E-state index in [0.717, 1.165) is 15.6 Å². The standard InChI is InChI=1S/C38H49I2NS3/c1-31(2)41-29-36(32-17-21-34(22-18-32)43-27-15-11-7-3-5-9-13-25-39)38(42)37(30-41)33-19-23-35(24-20-33)44-28-16-12-8-4-6-10-14-26-40/h13-14,17-26,29-31H,3-12,15-16,27-28H2,1-2H3/b25-13+,26-14+. The molecule has 1 nitrogen and oxygen atoms in total. The number of thioether (sulfide) groups is 2. The first-order valence-corrected chi connectivity index (χ1v) is 21.1. The number of rotatable bonds is 21. The van der Waals surface area contributed by atoms with Crippen LogP contribution in [-0.2, 0) is 0 Å². The van der Waals surface area contributed by atoms with Gasteiger partial charge in [-0.3, -0.25) is 0 Å². The molecule has 1 heterocycles. The molecule has 0 spiro atoms. The Balaban J connectivity index is 1.56. The summed E-state index contributed by atoms with van der Waals surface area (Å²) in [6.45, 7) is 4.47. The van der Waals surface area contributed by atoms with Gasteiger partial charge >= 0.3 is 0 Å². The molecule has 0 radical (unpaired) electrons. The molecule has 6 heteroatoms. The van der Waals surface area contributed by atoms with Gasteiger partial charge in [-0.1, -0.05) is 132 Å². The van der Waals surface area contributed by atoms with E-state index in [1.807, 2.05) is 23.5 Å². The van der Waals surface area contributed by atoms with E-state index < -0.39 is 0 Å². The molecule has 2 aromatic carbocycles. The van der Waals surface area contributed by atoms with Crippen LogP contribution in [0, 0.1) is 4.51 Å². The van der Waals surface area contributed by atoms with Crippen molar-refractivity contribution in [2.45, 2.75) is 107 Å². The third kappa shape index (κ3) is 14.1. The van der Waals surface area contributed by atoms with E-state index in [2.05, 4.69) is 145 Å². The smallest absolute Gasteiger partial charge is 0.0563 e. The second-order valence-electron chi connectivity index (χ2n) is 11.5. The van der Waals surface area contributed by atoms with Gasteiger partial charge in [0, 0.05) is 39.4 Å². The molecule has 0 aliphatic carbocycles. The molecular formula is C38H49I2NS3. The molecule has 44 heavy (non-hydrogen) atoms. The Bertz CT molecular complexity index is 1230. The molecule has 238 valence electrons. The molecule has 3 rings (SSSR count). The summed E-state index contributed by atoms with van der Waals surface area (Å²) in [7, 11) is 0. The van der Waals surface area contributed by atoms with E-state index in [1.54, 1.807) is 0 Å². The SMILES string of the molecule is CC(C)n1cc(-c2ccc(SCCCCCCC/C=C/I)cc2)c(=S)c(-c2ccc(SCCCCCCC/C=C/I)cc2)c1. The molecule has 1 aromatic heterocycles. The largest absolute Gasteiger partial charge is 0.350 e. The number of allylic oxidation sites excluding steroid dienone is 2. The van der Waals surface area contributed by atoms with Gasteiger partial charge in [0.05, 0.1) is 4.51 Å². The highest BCUT2D eigenvalue weighted by Crippen LogP contribution is 2.33. The van der Waals surface area contributed by atoms with Crippen molar-refractivity contribution in [3.8, 4) is 22.3 Å². The molecule has 0 aliphatic rings. The van der Waals surface area contributed by atoms with Crippen molar-refractivity contribution < 1.29 is 0 Å². The van der Waals surface area contributed by atoms with Crippen LogP contribution in [0.3, 0.4) is 0 Å². The van der Waals surface area contributed by atoms with Crippen LogP contribution in [0.25, 0.3) is 22.3 Å². The molecule has 0 saturated heterocycles. The summed E-state index contributed by atoms with van der Waals surface area (Å²) < 4.78 is 7.50. The van der Waals surface area contributed by atoms with Crippen LogP contribution in [-0.4, -0.2) is 16.1 Å². The number of halogens is 2. The molecular weight excluding hydrogens is 820 g/mol. The van der Waals surface area contributed by atoms with Crippen LogP contribution < -0.4 is 0 Å². The monoisotopic (exact) mass is 869 g/mol. The molecule has 0 fully saturated rings. The summed E-state index contributed by atoms with van der Waals surface area (Å²) in [4.78, 5) is 2.69. The van der Waals surface area contributed by atoms with Gasteiger partial charge < -0.3 is 4.57 Å². The van der Waals surface area contributed by atoms with E-state index >= 15 is 0 Å². The topological polar surface area (TPSA) is 4.93 Å². The maximum atomic E-state index is 6.12. The highest BCUT2D eigenvalue weighted by molar-refractivity contribution is 14.1. The fourth-order valence-electron chi connectivity index (χ4n) is 5.06. The van der Waals surface area contributed by atoms with Gasteiger partial charge in [0.1, 0.15) is 0 Å². The van der Waals surface area contributed by atoms with Crippen molar-refractivity contribution >= 4 is 80.9 Å². The molecule has 0 aliphatic heterocycles. The van der Waals surface area contributed by atoms with Gasteiger partial charge in [-0.05, 0) is 107 Å². The van der Waals surface area contributed by atoms with Crippen molar-refractivity contribution in [1.82, 2.24) is 4.57 Å². The van der Waals surface area contributed by atoms with E-state index in [4.69, 9.17) is 12.2 Å². The van der Waals surface area contributed by atoms with Gasteiger partial charge in [-0.15, -0.1) is 23.5 Å². The number of hydrogen-bond acceptors (Lipinski definition) is 3. The number of aromatic nitrogens is 1. The second kappa shape index (κ2) is 22.9. The lowest BCUT2D eigenvalue weighted by atomic mass is 10.0. The predicted molar refractivity (Wildman–Crippen MR) is 220 cm³/mol. The Morgan fingerprint density at radius 3 is 1.39 bits per heavy atom. The summed E-state index contributed by atoms with van der Waals surface area (Å²) in [5.74, 6) is 2.38. The lowest BCUT2D eigenvalue weighted by Gasteiger charge is -2.17. The van der Waals surface area contributed by atoms with Crippen molar-refractivity contribution in [1.29, 1.82) is 0 Å². The fourth-order valence-corrected chi connectivity index (χ4v) is 7.95. The Kier molecular flexibility index (Phi) is 19.7. The van der Waals surface area contributed by atoms with Crippen LogP contribution in [0.2, 0.25) is 0 Å². The van der Waals surface area contributed by atoms with Crippen molar-refractivity contribution in [3.05, 3.63) is 85.8 Å². The minimum absolute atomic E-state index is 0.359. The summed E-state index contributed by atoms with van der Waals surface area (Å²) in [6, 6.07) is 18.5. The van der Waals surface area contributed by atoms with Gasteiger partial charge in [0.15, 0.2) is 0 Å². The number of nitrogens with zero attached hydrogens (tertiary/aromatic N) is 1. The second-order valence-corrected chi connectivity index (χ2v) is 15.7. The van der Waals surface area contributed by atoms with Crippen molar-refractivity contribution in [3.63, 3.8) is 0 Å². The third-order valence-corrected chi connectivity index (χ3v) is 11.4. The molecule has 0 saturated carbocycles. The minimum atomic E-state index is 0.359. The third-order valence-electron chi connectivity index (χ3n) is 7.72. The van der Waals surface area contributed by atoms with Crippen LogP contribution in [0.4, 0.5) is 0 Å². The molecule has 0 atom stereocenters. The normalized spacial score (nSPS) is 11.8. The summed E-state index contributed by atoms with van der Waals surface area (Å²) >= 11 is 14.7. The van der Waals surface area contributed by atoms with E-state index in [9.17, 15) is 0 Å². The summed E-state index contributed by atoms with van der Waals surface area (Å²) in [5.41, 5.74) is 4.68. The average molecular weight is 870 g/mol. The first-order chi connectivity index (χ1) is 21.5. The Morgan fingerprint density at radius 2 is 1.00 bits per heavy atom. The molecule has 0 bridgehead atoms. The van der Waals surface area contributed by atoms with Crippen molar-refractivity contribution in [2.75, 3.05) is 11.5 Å². The van der Waals surface area contributed by atoms with E-state index in [1.165, 1.54) is 109 Å². The van der Waals surface area contributed by atoms with Crippen LogP contribution in [0.1, 0.15) is 96.9 Å². The first kappa shape index (κ1) is 37.9. The highest BCUT2D eigenvalue weighted by atomic mass is 127. The summed E-state index contributed by atoms with van der Waals surface area (Å²) in [5, 5.41) is 0. The van der Waals surface area contributed by atoms with E-state index in [0.29, 0.717) is 6.04 Å². The van der Waals surface area contributed by atoms with Crippen LogP contribution in [0.5, 0.6) is 0 Å². The van der Waals surface area contributed by atoms with Gasteiger partial charge in [-0.2, -0.15) is 0 Å². The Morgan fingerprint density at radius 1 is 0.614 bits per heavy atom. The fraction of sp³-hybridized carbons (Fsp3) is 0.447. The maximum Gasteiger partial charge on any atom is 0.0563 e. The van der Waals surface area contributed by atoms with Crippen molar-refractivity contribution in [2.24, 2.45) is 0 Å². The van der Waals surface area contributed by atoms with Crippen LogP contribution >= 0.6 is 80.9 Å². The quantitative estimate of drug-likeness (QED) is 0.0455. The zero-order chi connectivity index (χ0) is 31.4. The zero-order valence-corrected chi connectivity index (χ0v) is 33.3. The van der Waals surface area contributed by atoms with Gasteiger partial charge in [-0.25, -0.2) is 0 Å². The molecule has 0 amide bonds. The maximum absolute atomic E-state index is 6.12. The lowest BCUT2D eigenvalue weighted by Crippen LogP contribution is -2.03. The average Bonchev–Trinajstić information content (AvgIpc) is 3.04. The molecule has 0 N–H and O–H groups in total.